The summed E-state index contributed by atoms with van der Waals surface area (Å²) in [5.41, 5.74) is 1.42. The van der Waals surface area contributed by atoms with Gasteiger partial charge in [0.15, 0.2) is 0 Å². The van der Waals surface area contributed by atoms with Gasteiger partial charge in [0.25, 0.3) is 0 Å². The first-order valence-corrected chi connectivity index (χ1v) is 9.42. The van der Waals surface area contributed by atoms with Gasteiger partial charge in [-0.1, -0.05) is 11.6 Å². The molecule has 0 amide bonds. The predicted octanol–water partition coefficient (Wildman–Crippen LogP) is 4.80. The number of nitrogens with zero attached hydrogens (tertiary/aromatic N) is 3. The zero-order valence-electron chi connectivity index (χ0n) is 16.0. The highest BCUT2D eigenvalue weighted by molar-refractivity contribution is 6.31. The molecule has 1 N–H and O–H groups in total. The van der Waals surface area contributed by atoms with E-state index in [-0.39, 0.29) is 18.1 Å². The van der Waals surface area contributed by atoms with Gasteiger partial charge in [0.05, 0.1) is 23.4 Å². The number of rotatable bonds is 4. The molecule has 31 heavy (non-hydrogen) atoms. The Kier molecular flexibility index (Phi) is 5.14. The summed E-state index contributed by atoms with van der Waals surface area (Å²) in [5, 5.41) is 11.8. The summed E-state index contributed by atoms with van der Waals surface area (Å²) < 4.78 is 43.3. The Balaban J connectivity index is 1.74. The summed E-state index contributed by atoms with van der Waals surface area (Å²) >= 11 is 6.10. The van der Waals surface area contributed by atoms with Crippen molar-refractivity contribution in [3.05, 3.63) is 81.5 Å². The molecule has 4 rings (SSSR count). The second-order valence-electron chi connectivity index (χ2n) is 6.79. The van der Waals surface area contributed by atoms with Crippen molar-refractivity contribution in [3.63, 3.8) is 0 Å². The number of fused-ring (bicyclic) bond motifs is 1. The van der Waals surface area contributed by atoms with Gasteiger partial charge in [-0.3, -0.25) is 9.55 Å². The quantitative estimate of drug-likeness (QED) is 0.486. The number of pyridine rings is 1. The van der Waals surface area contributed by atoms with Crippen LogP contribution in [0.5, 0.6) is 11.6 Å². The molecule has 2 aromatic heterocycles. The Labute approximate surface area is 178 Å². The van der Waals surface area contributed by atoms with Gasteiger partial charge in [-0.2, -0.15) is 0 Å². The van der Waals surface area contributed by atoms with Gasteiger partial charge in [0, 0.05) is 16.6 Å². The van der Waals surface area contributed by atoms with Gasteiger partial charge in [0.2, 0.25) is 5.88 Å². The predicted molar refractivity (Wildman–Crippen MR) is 109 cm³/mol. The molecule has 0 spiro atoms. The van der Waals surface area contributed by atoms with Gasteiger partial charge in [-0.15, -0.1) is 13.2 Å². The second-order valence-corrected chi connectivity index (χ2v) is 7.22. The van der Waals surface area contributed by atoms with E-state index in [1.807, 2.05) is 0 Å². The molecule has 0 bridgehead atoms. The number of hydrogen-bond donors (Lipinski definition) is 1. The van der Waals surface area contributed by atoms with Gasteiger partial charge in [-0.05, 0) is 61.0 Å². The normalized spacial score (nSPS) is 11.8. The van der Waals surface area contributed by atoms with Crippen LogP contribution in [0.1, 0.15) is 11.3 Å². The summed E-state index contributed by atoms with van der Waals surface area (Å²) in [5.74, 6) is -0.744. The van der Waals surface area contributed by atoms with Crippen molar-refractivity contribution in [1.82, 2.24) is 14.1 Å². The van der Waals surface area contributed by atoms with Crippen LogP contribution in [0, 0.1) is 6.92 Å². The first-order chi connectivity index (χ1) is 14.6. The third kappa shape index (κ3) is 4.09. The first kappa shape index (κ1) is 20.8. The van der Waals surface area contributed by atoms with E-state index in [9.17, 15) is 23.1 Å². The number of aromatic hydroxyl groups is 1. The lowest BCUT2D eigenvalue weighted by atomic mass is 10.1. The number of imidazole rings is 1. The summed E-state index contributed by atoms with van der Waals surface area (Å²) in [4.78, 5) is 17.3. The number of alkyl halides is 3. The van der Waals surface area contributed by atoms with Gasteiger partial charge >= 0.3 is 12.1 Å². The van der Waals surface area contributed by atoms with Crippen LogP contribution in [-0.4, -0.2) is 25.6 Å². The van der Waals surface area contributed by atoms with E-state index in [0.29, 0.717) is 16.2 Å². The minimum absolute atomic E-state index is 0.139. The molecule has 160 valence electrons. The highest BCUT2D eigenvalue weighted by atomic mass is 35.5. The third-order valence-electron chi connectivity index (χ3n) is 4.81. The Morgan fingerprint density at radius 3 is 2.52 bits per heavy atom. The highest BCUT2D eigenvalue weighted by Crippen LogP contribution is 2.27. The van der Waals surface area contributed by atoms with Crippen molar-refractivity contribution in [1.29, 1.82) is 0 Å². The van der Waals surface area contributed by atoms with Crippen LogP contribution in [0.3, 0.4) is 0 Å². The molecule has 0 radical (unpaired) electrons. The molecule has 6 nitrogen and oxygen atoms in total. The van der Waals surface area contributed by atoms with Crippen molar-refractivity contribution in [2.24, 2.45) is 0 Å². The van der Waals surface area contributed by atoms with E-state index in [2.05, 4.69) is 9.72 Å². The molecular formula is C21H15ClF3N3O3. The van der Waals surface area contributed by atoms with E-state index in [0.717, 1.165) is 27.6 Å². The van der Waals surface area contributed by atoms with Crippen molar-refractivity contribution < 1.29 is 23.0 Å². The Morgan fingerprint density at radius 2 is 1.84 bits per heavy atom. The van der Waals surface area contributed by atoms with E-state index < -0.39 is 17.8 Å². The van der Waals surface area contributed by atoms with Crippen molar-refractivity contribution >= 4 is 22.5 Å². The molecule has 10 heteroatoms. The zero-order valence-corrected chi connectivity index (χ0v) is 16.8. The molecule has 0 aliphatic carbocycles. The minimum atomic E-state index is -4.82. The van der Waals surface area contributed by atoms with Crippen LogP contribution in [-0.2, 0) is 6.54 Å². The number of hydrogen-bond acceptors (Lipinski definition) is 4. The van der Waals surface area contributed by atoms with Crippen LogP contribution >= 0.6 is 11.6 Å². The lowest BCUT2D eigenvalue weighted by Crippen LogP contribution is -2.24. The van der Waals surface area contributed by atoms with Crippen LogP contribution in [0.2, 0.25) is 5.02 Å². The topological polar surface area (TPSA) is 69.3 Å². The molecule has 0 aliphatic rings. The van der Waals surface area contributed by atoms with Crippen LogP contribution in [0.15, 0.2) is 59.5 Å². The van der Waals surface area contributed by atoms with Gasteiger partial charge in [-0.25, -0.2) is 9.36 Å². The number of benzene rings is 2. The number of ether oxygens (including phenoxy) is 1. The maximum atomic E-state index is 13.0. The summed E-state index contributed by atoms with van der Waals surface area (Å²) in [6.07, 6.45) is -3.21. The van der Waals surface area contributed by atoms with Crippen molar-refractivity contribution in [3.8, 4) is 17.3 Å². The molecule has 0 saturated heterocycles. The fourth-order valence-electron chi connectivity index (χ4n) is 3.34. The fraction of sp³-hybridized carbons (Fsp3) is 0.143. The molecule has 0 fully saturated rings. The number of halogens is 4. The average Bonchev–Trinajstić information content (AvgIpc) is 2.91. The van der Waals surface area contributed by atoms with Crippen molar-refractivity contribution in [2.45, 2.75) is 19.8 Å². The van der Waals surface area contributed by atoms with E-state index in [1.54, 1.807) is 37.4 Å². The van der Waals surface area contributed by atoms with Crippen molar-refractivity contribution in [2.75, 3.05) is 0 Å². The minimum Gasteiger partial charge on any atom is -0.493 e. The van der Waals surface area contributed by atoms with E-state index in [1.165, 1.54) is 16.7 Å². The first-order valence-electron chi connectivity index (χ1n) is 9.04. The maximum Gasteiger partial charge on any atom is 0.573 e. The van der Waals surface area contributed by atoms with Crippen LogP contribution in [0.25, 0.3) is 16.6 Å². The Morgan fingerprint density at radius 1 is 1.13 bits per heavy atom. The number of aromatic nitrogens is 3. The Bertz CT molecular complexity index is 1330. The standard InChI is InChI=1S/C21H15ClF3N3O3/c1-12-19(29)28(15-3-5-16(6-4-15)31-21(23,24)25)20(30)27(12)11-13-8-9-26-18-7-2-14(22)10-17(13)18/h2-10,29H,11H2,1H3. The third-order valence-corrected chi connectivity index (χ3v) is 5.05. The lowest BCUT2D eigenvalue weighted by molar-refractivity contribution is -0.274. The zero-order chi connectivity index (χ0) is 22.3. The summed E-state index contributed by atoms with van der Waals surface area (Å²) in [7, 11) is 0. The van der Waals surface area contributed by atoms with Crippen LogP contribution < -0.4 is 10.4 Å². The summed E-state index contributed by atoms with van der Waals surface area (Å²) in [6.45, 7) is 1.71. The maximum absolute atomic E-state index is 13.0. The fourth-order valence-corrected chi connectivity index (χ4v) is 3.51. The molecule has 0 saturated carbocycles. The van der Waals surface area contributed by atoms with E-state index in [4.69, 9.17) is 11.6 Å². The Hall–Kier alpha value is -3.46. The molecule has 4 aromatic rings. The lowest BCUT2D eigenvalue weighted by Gasteiger charge is -2.09. The smallest absolute Gasteiger partial charge is 0.493 e. The average molecular weight is 450 g/mol. The largest absolute Gasteiger partial charge is 0.573 e. The van der Waals surface area contributed by atoms with Crippen LogP contribution in [0.4, 0.5) is 13.2 Å². The highest BCUT2D eigenvalue weighted by Gasteiger charge is 2.31. The van der Waals surface area contributed by atoms with Gasteiger partial charge < -0.3 is 9.84 Å². The molecular weight excluding hydrogens is 435 g/mol. The molecule has 2 aromatic carbocycles. The molecule has 0 atom stereocenters. The van der Waals surface area contributed by atoms with E-state index >= 15 is 0 Å². The summed E-state index contributed by atoms with van der Waals surface area (Å²) in [6, 6.07) is 11.6. The SMILES string of the molecule is Cc1c(O)n(-c2ccc(OC(F)(F)F)cc2)c(=O)n1Cc1ccnc2ccc(Cl)cc12. The monoisotopic (exact) mass is 449 g/mol. The molecule has 2 heterocycles. The molecule has 0 aliphatic heterocycles. The molecule has 0 unspecified atom stereocenters. The second kappa shape index (κ2) is 7.66. The van der Waals surface area contributed by atoms with Gasteiger partial charge in [0.1, 0.15) is 5.75 Å².